The Kier molecular flexibility index (Phi) is 4.47. The highest BCUT2D eigenvalue weighted by atomic mass is 32.2. The first kappa shape index (κ1) is 17.6. The standard InChI is InChI=1S/C21H23N5OS/c1-15-12-19(23-18-5-3-2-4-17(15)18)24-8-10-25(11-9-24)20(27)13-16-14-28-21-22-6-7-26(16)21/h2-5,12,14H,6-11,13H2,1H3. The molecule has 144 valence electrons. The zero-order valence-electron chi connectivity index (χ0n) is 16.0. The van der Waals surface area contributed by atoms with E-state index in [0.29, 0.717) is 6.42 Å². The average Bonchev–Trinajstić information content (AvgIpc) is 3.33. The summed E-state index contributed by atoms with van der Waals surface area (Å²) in [6, 6.07) is 10.4. The van der Waals surface area contributed by atoms with Crippen LogP contribution in [0.1, 0.15) is 12.0 Å². The van der Waals surface area contributed by atoms with Gasteiger partial charge in [0.25, 0.3) is 0 Å². The molecule has 0 spiro atoms. The Morgan fingerprint density at radius 1 is 1.14 bits per heavy atom. The number of thioether (sulfide) groups is 1. The van der Waals surface area contributed by atoms with Crippen molar-refractivity contribution >= 4 is 39.6 Å². The quantitative estimate of drug-likeness (QED) is 0.803. The number of carbonyl (C=O) groups is 1. The second kappa shape index (κ2) is 7.13. The Hall–Kier alpha value is -2.54. The van der Waals surface area contributed by atoms with Crippen molar-refractivity contribution in [2.45, 2.75) is 13.3 Å². The highest BCUT2D eigenvalue weighted by molar-refractivity contribution is 8.16. The maximum atomic E-state index is 12.8. The minimum Gasteiger partial charge on any atom is -0.353 e. The number of aliphatic imine (C=N–C) groups is 1. The van der Waals surface area contributed by atoms with Crippen LogP contribution in [0, 0.1) is 6.92 Å². The zero-order valence-corrected chi connectivity index (χ0v) is 16.8. The van der Waals surface area contributed by atoms with Gasteiger partial charge in [-0.3, -0.25) is 9.79 Å². The number of aryl methyl sites for hydroxylation is 1. The molecule has 3 aliphatic heterocycles. The normalized spacial score (nSPS) is 19.1. The van der Waals surface area contributed by atoms with Crippen molar-refractivity contribution in [3.05, 3.63) is 47.0 Å². The molecule has 0 N–H and O–H groups in total. The highest BCUT2D eigenvalue weighted by Crippen LogP contribution is 2.31. The molecule has 0 bridgehead atoms. The smallest absolute Gasteiger partial charge is 0.228 e. The van der Waals surface area contributed by atoms with E-state index in [-0.39, 0.29) is 5.91 Å². The van der Waals surface area contributed by atoms with Gasteiger partial charge in [0, 0.05) is 43.8 Å². The molecule has 1 amide bonds. The molecule has 0 radical (unpaired) electrons. The predicted octanol–water partition coefficient (Wildman–Crippen LogP) is 2.84. The molecule has 1 saturated heterocycles. The lowest BCUT2D eigenvalue weighted by Crippen LogP contribution is -2.49. The van der Waals surface area contributed by atoms with E-state index in [4.69, 9.17) is 4.98 Å². The minimum atomic E-state index is 0.210. The van der Waals surface area contributed by atoms with Crippen LogP contribution in [-0.4, -0.2) is 65.1 Å². The van der Waals surface area contributed by atoms with Gasteiger partial charge in [-0.15, -0.1) is 0 Å². The second-order valence-corrected chi connectivity index (χ2v) is 8.24. The topological polar surface area (TPSA) is 52.0 Å². The van der Waals surface area contributed by atoms with Crippen molar-refractivity contribution in [2.75, 3.05) is 44.2 Å². The third-order valence-electron chi connectivity index (χ3n) is 5.65. The molecule has 0 saturated carbocycles. The number of benzene rings is 1. The van der Waals surface area contributed by atoms with Gasteiger partial charge in [0.2, 0.25) is 5.91 Å². The maximum Gasteiger partial charge on any atom is 0.228 e. The molecule has 1 aromatic heterocycles. The van der Waals surface area contributed by atoms with Crippen LogP contribution < -0.4 is 4.90 Å². The van der Waals surface area contributed by atoms with E-state index in [1.807, 2.05) is 11.0 Å². The average molecular weight is 394 g/mol. The van der Waals surface area contributed by atoms with E-state index in [2.05, 4.69) is 51.4 Å². The van der Waals surface area contributed by atoms with Gasteiger partial charge in [-0.2, -0.15) is 0 Å². The Morgan fingerprint density at radius 3 is 2.82 bits per heavy atom. The van der Waals surface area contributed by atoms with Gasteiger partial charge < -0.3 is 14.7 Å². The van der Waals surface area contributed by atoms with Crippen LogP contribution in [0.2, 0.25) is 0 Å². The van der Waals surface area contributed by atoms with E-state index in [1.54, 1.807) is 11.8 Å². The lowest BCUT2D eigenvalue weighted by atomic mass is 10.1. The summed E-state index contributed by atoms with van der Waals surface area (Å²) in [5, 5.41) is 4.33. The monoisotopic (exact) mass is 393 g/mol. The first-order chi connectivity index (χ1) is 13.7. The molecular formula is C21H23N5OS. The summed E-state index contributed by atoms with van der Waals surface area (Å²) in [6.07, 6.45) is 0.472. The van der Waals surface area contributed by atoms with Gasteiger partial charge in [-0.05, 0) is 30.0 Å². The lowest BCUT2D eigenvalue weighted by Gasteiger charge is -2.36. The van der Waals surface area contributed by atoms with Gasteiger partial charge >= 0.3 is 0 Å². The van der Waals surface area contributed by atoms with Crippen LogP contribution in [0.25, 0.3) is 10.9 Å². The number of fused-ring (bicyclic) bond motifs is 2. The number of pyridine rings is 1. The molecule has 3 aliphatic rings. The van der Waals surface area contributed by atoms with E-state index < -0.39 is 0 Å². The molecule has 6 nitrogen and oxygen atoms in total. The number of piperazine rings is 1. The molecule has 7 heteroatoms. The molecule has 1 aromatic carbocycles. The molecular weight excluding hydrogens is 370 g/mol. The predicted molar refractivity (Wildman–Crippen MR) is 115 cm³/mol. The van der Waals surface area contributed by atoms with E-state index in [9.17, 15) is 4.79 Å². The summed E-state index contributed by atoms with van der Waals surface area (Å²) in [5.41, 5.74) is 3.37. The SMILES string of the molecule is Cc1cc(N2CCN(C(=O)CC3=CSC4=NCCN34)CC2)nc2ccccc12. The third-order valence-corrected chi connectivity index (χ3v) is 6.60. The Balaban J connectivity index is 1.23. The van der Waals surface area contributed by atoms with Crippen LogP contribution in [0.5, 0.6) is 0 Å². The third kappa shape index (κ3) is 3.13. The fourth-order valence-corrected chi connectivity index (χ4v) is 5.01. The Bertz CT molecular complexity index is 993. The molecule has 1 fully saturated rings. The molecule has 0 unspecified atom stereocenters. The molecule has 0 aliphatic carbocycles. The van der Waals surface area contributed by atoms with Crippen molar-refractivity contribution < 1.29 is 4.79 Å². The van der Waals surface area contributed by atoms with Crippen LogP contribution in [-0.2, 0) is 4.79 Å². The van der Waals surface area contributed by atoms with Crippen molar-refractivity contribution in [3.8, 4) is 0 Å². The molecule has 4 heterocycles. The first-order valence-corrected chi connectivity index (χ1v) is 10.6. The molecule has 5 rings (SSSR count). The fourth-order valence-electron chi connectivity index (χ4n) is 4.06. The first-order valence-electron chi connectivity index (χ1n) is 9.76. The summed E-state index contributed by atoms with van der Waals surface area (Å²) in [6.45, 7) is 7.01. The second-order valence-electron chi connectivity index (χ2n) is 7.40. The molecule has 28 heavy (non-hydrogen) atoms. The minimum absolute atomic E-state index is 0.210. The van der Waals surface area contributed by atoms with Gasteiger partial charge in [-0.1, -0.05) is 30.0 Å². The number of rotatable bonds is 3. The largest absolute Gasteiger partial charge is 0.353 e. The number of amidine groups is 1. The molecule has 0 atom stereocenters. The Morgan fingerprint density at radius 2 is 1.96 bits per heavy atom. The number of hydrogen-bond donors (Lipinski definition) is 0. The summed E-state index contributed by atoms with van der Waals surface area (Å²) in [4.78, 5) is 28.5. The Labute approximate surface area is 168 Å². The van der Waals surface area contributed by atoms with Gasteiger partial charge in [0.1, 0.15) is 5.82 Å². The number of amides is 1. The van der Waals surface area contributed by atoms with Crippen molar-refractivity contribution in [2.24, 2.45) is 4.99 Å². The summed E-state index contributed by atoms with van der Waals surface area (Å²) >= 11 is 1.64. The summed E-state index contributed by atoms with van der Waals surface area (Å²) in [7, 11) is 0. The number of hydrogen-bond acceptors (Lipinski definition) is 6. The summed E-state index contributed by atoms with van der Waals surface area (Å²) < 4.78 is 0. The van der Waals surface area contributed by atoms with Crippen LogP contribution in [0.15, 0.2) is 46.4 Å². The number of nitrogens with zero attached hydrogens (tertiary/aromatic N) is 5. The van der Waals surface area contributed by atoms with E-state index in [0.717, 1.165) is 61.5 Å². The van der Waals surface area contributed by atoms with Gasteiger partial charge in [0.05, 0.1) is 18.5 Å². The van der Waals surface area contributed by atoms with Crippen LogP contribution in [0.3, 0.4) is 0 Å². The highest BCUT2D eigenvalue weighted by Gasteiger charge is 2.30. The van der Waals surface area contributed by atoms with Gasteiger partial charge in [-0.25, -0.2) is 4.98 Å². The number of carbonyl (C=O) groups excluding carboxylic acids is 1. The van der Waals surface area contributed by atoms with Crippen LogP contribution >= 0.6 is 11.8 Å². The van der Waals surface area contributed by atoms with Crippen molar-refractivity contribution in [3.63, 3.8) is 0 Å². The molecule has 2 aromatic rings. The number of para-hydroxylation sites is 1. The van der Waals surface area contributed by atoms with Crippen molar-refractivity contribution in [1.82, 2.24) is 14.8 Å². The number of anilines is 1. The number of aromatic nitrogens is 1. The van der Waals surface area contributed by atoms with E-state index in [1.165, 1.54) is 10.9 Å². The van der Waals surface area contributed by atoms with Crippen LogP contribution in [0.4, 0.5) is 5.82 Å². The summed E-state index contributed by atoms with van der Waals surface area (Å²) in [5.74, 6) is 1.22. The maximum absolute atomic E-state index is 12.8. The zero-order chi connectivity index (χ0) is 19.1. The lowest BCUT2D eigenvalue weighted by molar-refractivity contribution is -0.130. The van der Waals surface area contributed by atoms with E-state index >= 15 is 0 Å². The van der Waals surface area contributed by atoms with Gasteiger partial charge in [0.15, 0.2) is 5.17 Å². The van der Waals surface area contributed by atoms with Crippen molar-refractivity contribution in [1.29, 1.82) is 0 Å². The fraction of sp³-hybridized carbons (Fsp3) is 0.381.